The van der Waals surface area contributed by atoms with Gasteiger partial charge in [-0.1, -0.05) is 84.9 Å². The molecule has 0 bridgehead atoms. The lowest BCUT2D eigenvalue weighted by Crippen LogP contribution is -2.02. The molecule has 0 saturated heterocycles. The average molecular weight is 297 g/mol. The summed E-state index contributed by atoms with van der Waals surface area (Å²) in [6.45, 7) is 10.2. The molecule has 0 N–H and O–H groups in total. The van der Waals surface area contributed by atoms with Crippen molar-refractivity contribution in [3.05, 3.63) is 89.5 Å². The van der Waals surface area contributed by atoms with E-state index in [-0.39, 0.29) is 5.92 Å². The molecule has 2 aromatic rings. The third-order valence-corrected chi connectivity index (χ3v) is 3.94. The van der Waals surface area contributed by atoms with E-state index in [9.17, 15) is 0 Å². The molecule has 0 nitrogen and oxygen atoms in total. The van der Waals surface area contributed by atoms with Crippen molar-refractivity contribution in [3.8, 4) is 0 Å². The van der Waals surface area contributed by atoms with Gasteiger partial charge in [-0.15, -0.1) is 0 Å². The van der Waals surface area contributed by atoms with Crippen molar-refractivity contribution < 1.29 is 0 Å². The molecular weight excluding hydrogens is 276 g/mol. The summed E-state index contributed by atoms with van der Waals surface area (Å²) in [5.41, 5.74) is 4.87. The predicted octanol–water partition coefficient (Wildman–Crippen LogP) is 6.32. The van der Waals surface area contributed by atoms with Crippen LogP contribution in [0.2, 0.25) is 0 Å². The highest BCUT2D eigenvalue weighted by Crippen LogP contribution is 2.35. The van der Waals surface area contributed by atoms with Gasteiger partial charge >= 0.3 is 0 Å². The molecule has 21 heavy (non-hydrogen) atoms. The summed E-state index contributed by atoms with van der Waals surface area (Å²) in [6, 6.07) is 19.0. The van der Waals surface area contributed by atoms with Gasteiger partial charge in [-0.05, 0) is 36.5 Å². The highest BCUT2D eigenvalue weighted by atomic mass is 35.5. The average Bonchev–Trinajstić information content (AvgIpc) is 2.49. The standard InChI is InChI=1S/C20H21Cl/c1-15-9-12-18(13-10-15)17(3)20(14-11-16(2)21)19-7-5-4-6-8-19/h4-10,12-13,20H,2-3,11,14H2,1H3. The summed E-state index contributed by atoms with van der Waals surface area (Å²) in [4.78, 5) is 0. The van der Waals surface area contributed by atoms with E-state index < -0.39 is 0 Å². The fraction of sp³-hybridized carbons (Fsp3) is 0.200. The van der Waals surface area contributed by atoms with E-state index in [1.54, 1.807) is 0 Å². The first-order chi connectivity index (χ1) is 10.1. The third-order valence-electron chi connectivity index (χ3n) is 3.75. The second kappa shape index (κ2) is 7.28. The number of hydrogen-bond acceptors (Lipinski definition) is 0. The zero-order valence-electron chi connectivity index (χ0n) is 12.5. The van der Waals surface area contributed by atoms with Crippen LogP contribution in [0.5, 0.6) is 0 Å². The minimum atomic E-state index is 0.268. The summed E-state index contributed by atoms with van der Waals surface area (Å²) in [5.74, 6) is 0.268. The molecule has 0 saturated carbocycles. The van der Waals surface area contributed by atoms with E-state index in [1.807, 2.05) is 6.07 Å². The molecule has 0 radical (unpaired) electrons. The summed E-state index contributed by atoms with van der Waals surface area (Å²) in [7, 11) is 0. The van der Waals surface area contributed by atoms with Crippen molar-refractivity contribution in [1.29, 1.82) is 0 Å². The molecule has 2 aromatic carbocycles. The van der Waals surface area contributed by atoms with Gasteiger partial charge in [-0.25, -0.2) is 0 Å². The second-order valence-electron chi connectivity index (χ2n) is 5.41. The molecule has 0 aliphatic heterocycles. The fourth-order valence-corrected chi connectivity index (χ4v) is 2.61. The first-order valence-electron chi connectivity index (χ1n) is 7.22. The molecule has 0 aliphatic rings. The molecule has 0 heterocycles. The van der Waals surface area contributed by atoms with Crippen molar-refractivity contribution in [3.63, 3.8) is 0 Å². The van der Waals surface area contributed by atoms with Gasteiger partial charge in [-0.3, -0.25) is 0 Å². The summed E-state index contributed by atoms with van der Waals surface area (Å²) in [6.07, 6.45) is 1.73. The van der Waals surface area contributed by atoms with E-state index in [0.29, 0.717) is 5.03 Å². The molecule has 1 atom stereocenters. The van der Waals surface area contributed by atoms with Crippen LogP contribution in [0.25, 0.3) is 5.57 Å². The maximum atomic E-state index is 5.96. The van der Waals surface area contributed by atoms with Gasteiger partial charge in [0.1, 0.15) is 0 Å². The summed E-state index contributed by atoms with van der Waals surface area (Å²) >= 11 is 5.96. The maximum Gasteiger partial charge on any atom is 0.0109 e. The van der Waals surface area contributed by atoms with Gasteiger partial charge < -0.3 is 0 Å². The number of hydrogen-bond donors (Lipinski definition) is 0. The largest absolute Gasteiger partial charge is 0.0946 e. The van der Waals surface area contributed by atoms with Crippen LogP contribution in [0.3, 0.4) is 0 Å². The SMILES string of the molecule is C=C(Cl)CCC(C(=C)c1ccc(C)cc1)c1ccccc1. The maximum absolute atomic E-state index is 5.96. The van der Waals surface area contributed by atoms with Crippen LogP contribution < -0.4 is 0 Å². The van der Waals surface area contributed by atoms with Gasteiger partial charge in [-0.2, -0.15) is 0 Å². The zero-order valence-corrected chi connectivity index (χ0v) is 13.2. The summed E-state index contributed by atoms with van der Waals surface area (Å²) in [5, 5.41) is 0.702. The van der Waals surface area contributed by atoms with E-state index in [0.717, 1.165) is 18.4 Å². The molecule has 0 spiro atoms. The molecule has 0 aromatic heterocycles. The van der Waals surface area contributed by atoms with Crippen LogP contribution in [-0.4, -0.2) is 0 Å². The van der Waals surface area contributed by atoms with Gasteiger partial charge in [0.2, 0.25) is 0 Å². The second-order valence-corrected chi connectivity index (χ2v) is 5.94. The van der Waals surface area contributed by atoms with Crippen molar-refractivity contribution in [1.82, 2.24) is 0 Å². The Hall–Kier alpha value is -1.79. The summed E-state index contributed by atoms with van der Waals surface area (Å²) < 4.78 is 0. The monoisotopic (exact) mass is 296 g/mol. The van der Waals surface area contributed by atoms with Crippen LogP contribution in [0.1, 0.15) is 35.4 Å². The van der Waals surface area contributed by atoms with Crippen molar-refractivity contribution in [2.24, 2.45) is 0 Å². The number of rotatable bonds is 6. The quantitative estimate of drug-likeness (QED) is 0.584. The molecule has 2 rings (SSSR count). The topological polar surface area (TPSA) is 0 Å². The van der Waals surface area contributed by atoms with Crippen LogP contribution in [0.4, 0.5) is 0 Å². The normalized spacial score (nSPS) is 11.9. The highest BCUT2D eigenvalue weighted by Gasteiger charge is 2.16. The minimum absolute atomic E-state index is 0.268. The van der Waals surface area contributed by atoms with Crippen LogP contribution in [0, 0.1) is 6.92 Å². The van der Waals surface area contributed by atoms with Crippen molar-refractivity contribution >= 4 is 17.2 Å². The number of benzene rings is 2. The van der Waals surface area contributed by atoms with E-state index in [2.05, 4.69) is 68.6 Å². The number of halogens is 1. The van der Waals surface area contributed by atoms with E-state index in [4.69, 9.17) is 11.6 Å². The van der Waals surface area contributed by atoms with Crippen LogP contribution in [0.15, 0.2) is 72.8 Å². The molecule has 0 fully saturated rings. The highest BCUT2D eigenvalue weighted by molar-refractivity contribution is 6.29. The van der Waals surface area contributed by atoms with Gasteiger partial charge in [0.25, 0.3) is 0 Å². The predicted molar refractivity (Wildman–Crippen MR) is 93.6 cm³/mol. The first-order valence-corrected chi connectivity index (χ1v) is 7.60. The van der Waals surface area contributed by atoms with Crippen molar-refractivity contribution in [2.75, 3.05) is 0 Å². The van der Waals surface area contributed by atoms with E-state index in [1.165, 1.54) is 16.7 Å². The number of aryl methyl sites for hydroxylation is 1. The lowest BCUT2D eigenvalue weighted by Gasteiger charge is -2.20. The van der Waals surface area contributed by atoms with Crippen LogP contribution >= 0.6 is 11.6 Å². The molecule has 0 amide bonds. The molecule has 0 aliphatic carbocycles. The Morgan fingerprint density at radius 1 is 1.00 bits per heavy atom. The van der Waals surface area contributed by atoms with Crippen molar-refractivity contribution in [2.45, 2.75) is 25.7 Å². The Kier molecular flexibility index (Phi) is 5.41. The van der Waals surface area contributed by atoms with Gasteiger partial charge in [0.15, 0.2) is 0 Å². The Labute approximate surface area is 132 Å². The minimum Gasteiger partial charge on any atom is -0.0946 e. The Morgan fingerprint density at radius 3 is 2.19 bits per heavy atom. The van der Waals surface area contributed by atoms with Gasteiger partial charge in [0, 0.05) is 11.0 Å². The molecule has 108 valence electrons. The molecular formula is C20H21Cl. The Balaban J connectivity index is 2.28. The lowest BCUT2D eigenvalue weighted by atomic mass is 9.84. The fourth-order valence-electron chi connectivity index (χ4n) is 2.50. The molecule has 1 unspecified atom stereocenters. The third kappa shape index (κ3) is 4.34. The molecule has 1 heteroatoms. The first kappa shape index (κ1) is 15.6. The lowest BCUT2D eigenvalue weighted by molar-refractivity contribution is 0.761. The Morgan fingerprint density at radius 2 is 1.62 bits per heavy atom. The Bertz CT molecular complexity index is 608. The smallest absolute Gasteiger partial charge is 0.0109 e. The van der Waals surface area contributed by atoms with Gasteiger partial charge in [0.05, 0.1) is 0 Å². The van der Waals surface area contributed by atoms with E-state index >= 15 is 0 Å². The van der Waals surface area contributed by atoms with Crippen LogP contribution in [-0.2, 0) is 0 Å². The number of allylic oxidation sites excluding steroid dienone is 2. The zero-order chi connectivity index (χ0) is 15.2.